The van der Waals surface area contributed by atoms with E-state index in [4.69, 9.17) is 11.6 Å². The van der Waals surface area contributed by atoms with Crippen molar-refractivity contribution in [1.29, 1.82) is 0 Å². The fourth-order valence-corrected chi connectivity index (χ4v) is 8.82. The number of hydrogen-bond donors (Lipinski definition) is 3. The van der Waals surface area contributed by atoms with Gasteiger partial charge in [-0.1, -0.05) is 38.4 Å². The summed E-state index contributed by atoms with van der Waals surface area (Å²) in [5.41, 5.74) is -1.42. The number of amides is 1. The number of rotatable bonds is 10. The van der Waals surface area contributed by atoms with Gasteiger partial charge in [-0.3, -0.25) is 14.5 Å². The number of nitrogens with zero attached hydrogens (tertiary/aromatic N) is 2. The summed E-state index contributed by atoms with van der Waals surface area (Å²) in [6, 6.07) is 4.09. The number of hydrogen-bond acceptors (Lipinski definition) is 8. The molecule has 0 bridgehead atoms. The number of halogens is 2. The lowest BCUT2D eigenvalue weighted by Gasteiger charge is -2.44. The number of carbonyl (C=O) groups excluding carboxylic acids is 2. The molecule has 2 aliphatic rings. The van der Waals surface area contributed by atoms with Crippen LogP contribution in [0.25, 0.3) is 0 Å². The van der Waals surface area contributed by atoms with Crippen LogP contribution in [0, 0.1) is 5.82 Å². The average molecular weight is 611 g/mol. The molecule has 3 N–H and O–H groups in total. The van der Waals surface area contributed by atoms with Gasteiger partial charge in [-0.15, -0.1) is 0 Å². The lowest BCUT2D eigenvalue weighted by Crippen LogP contribution is -2.60. The summed E-state index contributed by atoms with van der Waals surface area (Å²) < 4.78 is 43.0. The summed E-state index contributed by atoms with van der Waals surface area (Å²) in [5.74, 6) is -3.26. The van der Waals surface area contributed by atoms with Crippen LogP contribution < -0.4 is 0 Å². The maximum absolute atomic E-state index is 14.7. The van der Waals surface area contributed by atoms with Gasteiger partial charge in [0.2, 0.25) is 0 Å². The maximum atomic E-state index is 14.7. The number of likely N-dealkylation sites (tertiary alicyclic amines) is 1. The van der Waals surface area contributed by atoms with Crippen LogP contribution >= 0.6 is 11.6 Å². The van der Waals surface area contributed by atoms with Gasteiger partial charge < -0.3 is 20.2 Å². The lowest BCUT2D eigenvalue weighted by molar-refractivity contribution is -0.142. The minimum Gasteiger partial charge on any atom is -0.504 e. The van der Waals surface area contributed by atoms with Crippen LogP contribution in [0.3, 0.4) is 0 Å². The quantitative estimate of drug-likeness (QED) is 0.334. The van der Waals surface area contributed by atoms with Crippen molar-refractivity contribution >= 4 is 33.1 Å². The monoisotopic (exact) mass is 610 g/mol. The molecule has 0 aromatic heterocycles. The molecule has 2 heterocycles. The fraction of sp³-hybridized carbons (Fsp3) is 0.517. The molecule has 12 heteroatoms. The highest BCUT2D eigenvalue weighted by molar-refractivity contribution is 7.92. The van der Waals surface area contributed by atoms with E-state index < -0.39 is 55.4 Å². The molecule has 0 saturated carbocycles. The van der Waals surface area contributed by atoms with E-state index in [1.807, 2.05) is 0 Å². The molecule has 0 radical (unpaired) electrons. The molecule has 2 aromatic rings. The Morgan fingerprint density at radius 1 is 1.15 bits per heavy atom. The molecule has 4 rings (SSSR count). The molecule has 224 valence electrons. The van der Waals surface area contributed by atoms with Crippen LogP contribution in [0.15, 0.2) is 29.2 Å². The minimum atomic E-state index is -4.39. The van der Waals surface area contributed by atoms with Gasteiger partial charge >= 0.3 is 0 Å². The van der Waals surface area contributed by atoms with Crippen molar-refractivity contribution in [2.24, 2.45) is 0 Å². The Balaban J connectivity index is 1.81. The van der Waals surface area contributed by atoms with E-state index in [2.05, 4.69) is 0 Å². The molecular weight excluding hydrogens is 575 g/mol. The molecule has 9 nitrogen and oxygen atoms in total. The zero-order valence-electron chi connectivity index (χ0n) is 23.6. The summed E-state index contributed by atoms with van der Waals surface area (Å²) in [4.78, 5) is 27.8. The molecule has 2 atom stereocenters. The summed E-state index contributed by atoms with van der Waals surface area (Å²) >= 11 is 5.90. The molecule has 2 aromatic carbocycles. The van der Waals surface area contributed by atoms with Gasteiger partial charge in [-0.25, -0.2) is 12.8 Å². The molecule has 1 saturated heterocycles. The van der Waals surface area contributed by atoms with Gasteiger partial charge in [0.05, 0.1) is 21.5 Å². The first-order chi connectivity index (χ1) is 19.2. The summed E-state index contributed by atoms with van der Waals surface area (Å²) in [5, 5.41) is 31.9. The normalized spacial score (nSPS) is 19.4. The summed E-state index contributed by atoms with van der Waals surface area (Å²) in [7, 11) is -4.39. The molecule has 0 spiro atoms. The van der Waals surface area contributed by atoms with Gasteiger partial charge in [0.1, 0.15) is 16.3 Å². The van der Waals surface area contributed by atoms with Gasteiger partial charge in [0.15, 0.2) is 27.1 Å². The molecule has 0 aliphatic carbocycles. The second-order valence-corrected chi connectivity index (χ2v) is 13.6. The first-order valence-corrected chi connectivity index (χ1v) is 15.6. The van der Waals surface area contributed by atoms with Crippen LogP contribution in [0.1, 0.15) is 81.3 Å². The predicted molar refractivity (Wildman–Crippen MR) is 151 cm³/mol. The Labute approximate surface area is 244 Å². The number of fused-ring (bicyclic) bond motifs is 1. The highest BCUT2D eigenvalue weighted by Crippen LogP contribution is 2.47. The van der Waals surface area contributed by atoms with Crippen molar-refractivity contribution in [3.05, 3.63) is 51.8 Å². The van der Waals surface area contributed by atoms with E-state index in [-0.39, 0.29) is 53.4 Å². The van der Waals surface area contributed by atoms with Gasteiger partial charge in [-0.2, -0.15) is 0 Å². The van der Waals surface area contributed by atoms with Crippen LogP contribution in [0.2, 0.25) is 5.02 Å². The average Bonchev–Trinajstić information content (AvgIpc) is 3.54. The Bertz CT molecular complexity index is 1490. The van der Waals surface area contributed by atoms with E-state index in [9.17, 15) is 37.7 Å². The van der Waals surface area contributed by atoms with Crippen LogP contribution in [0.5, 0.6) is 11.5 Å². The van der Waals surface area contributed by atoms with Gasteiger partial charge in [0.25, 0.3) is 5.91 Å². The number of Topliss-reactive ketones (excluding diaryl/α,β-unsaturated/α-hetero) is 1. The third-order valence-corrected chi connectivity index (χ3v) is 11.8. The third-order valence-electron chi connectivity index (χ3n) is 8.75. The number of aliphatic hydroxyl groups is 1. The van der Waals surface area contributed by atoms with Crippen molar-refractivity contribution in [1.82, 2.24) is 9.80 Å². The number of phenolic OH excluding ortho intramolecular Hbond substituents is 2. The molecule has 2 aliphatic heterocycles. The van der Waals surface area contributed by atoms with Crippen LogP contribution in [-0.4, -0.2) is 68.3 Å². The van der Waals surface area contributed by atoms with E-state index in [0.29, 0.717) is 24.9 Å². The van der Waals surface area contributed by atoms with E-state index >= 15 is 0 Å². The highest BCUT2D eigenvalue weighted by atomic mass is 35.5. The van der Waals surface area contributed by atoms with Crippen LogP contribution in [-0.2, 0) is 27.7 Å². The van der Waals surface area contributed by atoms with Crippen molar-refractivity contribution in [2.75, 3.05) is 6.54 Å². The van der Waals surface area contributed by atoms with Crippen molar-refractivity contribution in [3.63, 3.8) is 0 Å². The Morgan fingerprint density at radius 3 is 2.39 bits per heavy atom. The highest BCUT2D eigenvalue weighted by Gasteiger charge is 2.55. The van der Waals surface area contributed by atoms with E-state index in [1.165, 1.54) is 24.0 Å². The number of carbonyl (C=O) groups is 2. The molecule has 2 unspecified atom stereocenters. The number of benzene rings is 2. The molecular formula is C29H36ClFN2O7S. The number of ketones is 1. The summed E-state index contributed by atoms with van der Waals surface area (Å²) in [6.45, 7) is 6.59. The van der Waals surface area contributed by atoms with E-state index in [1.54, 1.807) is 25.7 Å². The fourth-order valence-electron chi connectivity index (χ4n) is 6.16. The van der Waals surface area contributed by atoms with Crippen molar-refractivity contribution < 1.29 is 37.7 Å². The topological polar surface area (TPSA) is 135 Å². The maximum Gasteiger partial charge on any atom is 0.258 e. The standard InChI is InChI=1S/C29H36ClFN2O7S/c1-5-28(4,38)26(36)21-9-8-12-33(21)29(6-2,7-3)41(39,40)23-14-22(34)25(35)24-18(23)16-32(27(24)37)15-17-10-11-20(31)19(30)13-17/h10-11,13-14,21,34-35,38H,5-9,12,15-16H2,1-4H3. The zero-order chi connectivity index (χ0) is 30.5. The minimum absolute atomic E-state index is 0.0346. The van der Waals surface area contributed by atoms with Crippen LogP contribution in [0.4, 0.5) is 4.39 Å². The number of aromatic hydroxyl groups is 2. The Hall–Kier alpha value is -2.73. The Kier molecular flexibility index (Phi) is 8.50. The van der Waals surface area contributed by atoms with E-state index in [0.717, 1.165) is 12.1 Å². The summed E-state index contributed by atoms with van der Waals surface area (Å²) in [6.07, 6.45) is 1.29. The second-order valence-electron chi connectivity index (χ2n) is 11.0. The predicted octanol–water partition coefficient (Wildman–Crippen LogP) is 4.53. The first-order valence-electron chi connectivity index (χ1n) is 13.8. The van der Waals surface area contributed by atoms with Gasteiger partial charge in [0, 0.05) is 31.3 Å². The molecule has 1 amide bonds. The smallest absolute Gasteiger partial charge is 0.258 e. The number of sulfone groups is 1. The lowest BCUT2D eigenvalue weighted by atomic mass is 9.90. The zero-order valence-corrected chi connectivity index (χ0v) is 25.1. The number of phenols is 2. The van der Waals surface area contributed by atoms with Crippen molar-refractivity contribution in [2.45, 2.75) is 94.3 Å². The largest absolute Gasteiger partial charge is 0.504 e. The molecule has 41 heavy (non-hydrogen) atoms. The Morgan fingerprint density at radius 2 is 1.80 bits per heavy atom. The first kappa shape index (κ1) is 31.2. The third kappa shape index (κ3) is 5.00. The molecule has 1 fully saturated rings. The van der Waals surface area contributed by atoms with Gasteiger partial charge in [-0.05, 0) is 56.7 Å². The second kappa shape index (κ2) is 11.2. The van der Waals surface area contributed by atoms with Crippen molar-refractivity contribution in [3.8, 4) is 11.5 Å². The SMILES string of the molecule is CCC(C)(O)C(=O)C1CCCN1C(CC)(CC)S(=O)(=O)c1cc(O)c(O)c2c1CN(Cc1ccc(F)c(Cl)c1)C2=O.